The number of hydrogen-bond donors (Lipinski definition) is 0. The van der Waals surface area contributed by atoms with Crippen molar-refractivity contribution < 1.29 is 18.7 Å². The van der Waals surface area contributed by atoms with Crippen molar-refractivity contribution in [2.75, 3.05) is 31.1 Å². The first kappa shape index (κ1) is 17.2. The number of aryl methyl sites for hydroxylation is 1. The van der Waals surface area contributed by atoms with E-state index >= 15 is 0 Å². The van der Waals surface area contributed by atoms with Crippen molar-refractivity contribution >= 4 is 28.8 Å². The van der Waals surface area contributed by atoms with Gasteiger partial charge in [-0.15, -0.1) is 11.3 Å². The van der Waals surface area contributed by atoms with Crippen LogP contribution in [-0.4, -0.2) is 48.6 Å². The zero-order valence-electron chi connectivity index (χ0n) is 14.4. The number of thiophene rings is 1. The highest BCUT2D eigenvalue weighted by Crippen LogP contribution is 2.33. The monoisotopic (exact) mass is 374 g/mol. The van der Waals surface area contributed by atoms with Gasteiger partial charge in [-0.3, -0.25) is 9.59 Å². The lowest BCUT2D eigenvalue weighted by atomic mass is 10.00. The Balaban J connectivity index is 1.51. The van der Waals surface area contributed by atoms with Crippen LogP contribution in [0.2, 0.25) is 0 Å². The predicted molar refractivity (Wildman–Crippen MR) is 97.0 cm³/mol. The number of ether oxygens (including phenoxy) is 1. The van der Waals surface area contributed by atoms with Gasteiger partial charge < -0.3 is 14.5 Å². The molecule has 2 aliphatic rings. The van der Waals surface area contributed by atoms with Crippen LogP contribution < -0.4 is 4.90 Å². The number of hydrogen-bond acceptors (Lipinski definition) is 4. The first-order chi connectivity index (χ1) is 12.5. The van der Waals surface area contributed by atoms with Crippen molar-refractivity contribution in [3.63, 3.8) is 0 Å². The molecule has 2 saturated heterocycles. The van der Waals surface area contributed by atoms with Gasteiger partial charge in [-0.1, -0.05) is 0 Å². The minimum absolute atomic E-state index is 0.00815. The molecule has 0 N–H and O–H groups in total. The molecule has 2 amide bonds. The molecule has 1 unspecified atom stereocenters. The molecular formula is C19H19FN2O3S. The average molecular weight is 374 g/mol. The lowest BCUT2D eigenvalue weighted by molar-refractivity contribution is -0.137. The van der Waals surface area contributed by atoms with Gasteiger partial charge in [-0.2, -0.15) is 0 Å². The first-order valence-electron chi connectivity index (χ1n) is 8.51. The number of halogens is 1. The molecule has 1 atom stereocenters. The molecule has 7 heteroatoms. The molecule has 0 bridgehead atoms. The lowest BCUT2D eigenvalue weighted by Crippen LogP contribution is -2.56. The standard InChI is InChI=1S/C19H19FN2O3S/c1-13-2-7-16(26-13)18(24)21-9-8-19(11-21)12-22(17(23)10-25-19)15-5-3-14(20)4-6-15/h2-7H,8-12H2,1H3. The van der Waals surface area contributed by atoms with Gasteiger partial charge in [-0.05, 0) is 49.7 Å². The molecule has 0 radical (unpaired) electrons. The number of likely N-dealkylation sites (tertiary alicyclic amines) is 1. The Labute approximate surface area is 155 Å². The molecule has 2 fully saturated rings. The summed E-state index contributed by atoms with van der Waals surface area (Å²) in [6.45, 7) is 3.36. The maximum absolute atomic E-state index is 13.2. The van der Waals surface area contributed by atoms with E-state index in [-0.39, 0.29) is 24.2 Å². The van der Waals surface area contributed by atoms with Crippen LogP contribution in [0.25, 0.3) is 0 Å². The van der Waals surface area contributed by atoms with E-state index in [0.29, 0.717) is 31.7 Å². The molecule has 26 heavy (non-hydrogen) atoms. The van der Waals surface area contributed by atoms with Gasteiger partial charge in [0.15, 0.2) is 0 Å². The molecule has 1 spiro atoms. The van der Waals surface area contributed by atoms with Gasteiger partial charge in [0.25, 0.3) is 11.8 Å². The molecule has 5 nitrogen and oxygen atoms in total. The Morgan fingerprint density at radius 2 is 1.96 bits per heavy atom. The summed E-state index contributed by atoms with van der Waals surface area (Å²) < 4.78 is 19.1. The lowest BCUT2D eigenvalue weighted by Gasteiger charge is -2.40. The van der Waals surface area contributed by atoms with Crippen molar-refractivity contribution in [2.45, 2.75) is 18.9 Å². The summed E-state index contributed by atoms with van der Waals surface area (Å²) in [6, 6.07) is 9.67. The topological polar surface area (TPSA) is 49.9 Å². The molecule has 1 aromatic carbocycles. The molecule has 4 rings (SSSR count). The van der Waals surface area contributed by atoms with E-state index in [1.165, 1.54) is 23.5 Å². The van der Waals surface area contributed by atoms with Crippen LogP contribution >= 0.6 is 11.3 Å². The summed E-state index contributed by atoms with van der Waals surface area (Å²) in [7, 11) is 0. The van der Waals surface area contributed by atoms with E-state index < -0.39 is 5.60 Å². The third kappa shape index (κ3) is 3.12. The van der Waals surface area contributed by atoms with E-state index in [1.54, 1.807) is 21.9 Å². The number of morpholine rings is 1. The van der Waals surface area contributed by atoms with Gasteiger partial charge in [-0.25, -0.2) is 4.39 Å². The number of carbonyl (C=O) groups excluding carboxylic acids is 2. The summed E-state index contributed by atoms with van der Waals surface area (Å²) in [4.78, 5) is 30.2. The number of anilines is 1. The maximum atomic E-state index is 13.2. The highest BCUT2D eigenvalue weighted by atomic mass is 32.1. The van der Waals surface area contributed by atoms with Crippen LogP contribution in [0.4, 0.5) is 10.1 Å². The summed E-state index contributed by atoms with van der Waals surface area (Å²) in [5.41, 5.74) is 0.0855. The average Bonchev–Trinajstić information content (AvgIpc) is 3.25. The van der Waals surface area contributed by atoms with E-state index in [0.717, 1.165) is 9.75 Å². The number of benzene rings is 1. The Bertz CT molecular complexity index is 851. The van der Waals surface area contributed by atoms with Crippen molar-refractivity contribution in [3.8, 4) is 0 Å². The van der Waals surface area contributed by atoms with Crippen LogP contribution in [0.3, 0.4) is 0 Å². The predicted octanol–water partition coefficient (Wildman–Crippen LogP) is 2.84. The molecule has 0 aliphatic carbocycles. The highest BCUT2D eigenvalue weighted by molar-refractivity contribution is 7.13. The third-order valence-electron chi connectivity index (χ3n) is 4.94. The zero-order chi connectivity index (χ0) is 18.3. The number of carbonyl (C=O) groups is 2. The smallest absolute Gasteiger partial charge is 0.264 e. The molecule has 136 valence electrons. The number of amides is 2. The number of nitrogens with zero attached hydrogens (tertiary/aromatic N) is 2. The van der Waals surface area contributed by atoms with Crippen molar-refractivity contribution in [1.29, 1.82) is 0 Å². The Hall–Kier alpha value is -2.25. The van der Waals surface area contributed by atoms with Crippen LogP contribution in [-0.2, 0) is 9.53 Å². The molecule has 2 aromatic rings. The molecule has 0 saturated carbocycles. The quantitative estimate of drug-likeness (QED) is 0.812. The van der Waals surface area contributed by atoms with Crippen molar-refractivity contribution in [3.05, 3.63) is 52.0 Å². The SMILES string of the molecule is Cc1ccc(C(=O)N2CCC3(C2)CN(c2ccc(F)cc2)C(=O)CO3)s1. The van der Waals surface area contributed by atoms with Crippen LogP contribution in [0.15, 0.2) is 36.4 Å². The fourth-order valence-electron chi connectivity index (χ4n) is 3.54. The van der Waals surface area contributed by atoms with Gasteiger partial charge in [0.05, 0.1) is 18.0 Å². The minimum atomic E-state index is -0.565. The van der Waals surface area contributed by atoms with Crippen molar-refractivity contribution in [1.82, 2.24) is 4.90 Å². The second-order valence-electron chi connectivity index (χ2n) is 6.81. The van der Waals surface area contributed by atoms with Gasteiger partial charge >= 0.3 is 0 Å². The second-order valence-corrected chi connectivity index (χ2v) is 8.10. The largest absolute Gasteiger partial charge is 0.361 e. The van der Waals surface area contributed by atoms with Crippen LogP contribution in [0, 0.1) is 12.7 Å². The highest BCUT2D eigenvalue weighted by Gasteiger charge is 2.46. The maximum Gasteiger partial charge on any atom is 0.264 e. The molecule has 2 aliphatic heterocycles. The van der Waals surface area contributed by atoms with E-state index in [1.807, 2.05) is 19.1 Å². The van der Waals surface area contributed by atoms with Gasteiger partial charge in [0.2, 0.25) is 0 Å². The van der Waals surface area contributed by atoms with Crippen LogP contribution in [0.1, 0.15) is 21.0 Å². The Morgan fingerprint density at radius 3 is 2.65 bits per heavy atom. The zero-order valence-corrected chi connectivity index (χ0v) is 15.2. The fraction of sp³-hybridized carbons (Fsp3) is 0.368. The summed E-state index contributed by atoms with van der Waals surface area (Å²) in [5.74, 6) is -0.484. The van der Waals surface area contributed by atoms with E-state index in [9.17, 15) is 14.0 Å². The Morgan fingerprint density at radius 1 is 1.19 bits per heavy atom. The fourth-order valence-corrected chi connectivity index (χ4v) is 4.38. The Kier molecular flexibility index (Phi) is 4.28. The van der Waals surface area contributed by atoms with Crippen LogP contribution in [0.5, 0.6) is 0 Å². The second kappa shape index (κ2) is 6.48. The summed E-state index contributed by atoms with van der Waals surface area (Å²) in [5, 5.41) is 0. The summed E-state index contributed by atoms with van der Waals surface area (Å²) >= 11 is 1.48. The molecule has 3 heterocycles. The van der Waals surface area contributed by atoms with Gasteiger partial charge in [0.1, 0.15) is 18.0 Å². The molecule has 1 aromatic heterocycles. The third-order valence-corrected chi connectivity index (χ3v) is 5.93. The van der Waals surface area contributed by atoms with E-state index in [2.05, 4.69) is 0 Å². The van der Waals surface area contributed by atoms with E-state index in [4.69, 9.17) is 4.74 Å². The normalized spacial score (nSPS) is 23.1. The van der Waals surface area contributed by atoms with Gasteiger partial charge in [0, 0.05) is 17.1 Å². The number of rotatable bonds is 2. The summed E-state index contributed by atoms with van der Waals surface area (Å²) in [6.07, 6.45) is 0.675. The first-order valence-corrected chi connectivity index (χ1v) is 9.33. The van der Waals surface area contributed by atoms with Crippen molar-refractivity contribution in [2.24, 2.45) is 0 Å². The molecular weight excluding hydrogens is 355 g/mol. The minimum Gasteiger partial charge on any atom is -0.361 e.